The number of hydrogen-bond donors (Lipinski definition) is 0. The minimum absolute atomic E-state index is 1.37. The van der Waals surface area contributed by atoms with Gasteiger partial charge >= 0.3 is 0 Å². The lowest BCUT2D eigenvalue weighted by Crippen LogP contribution is -2.45. The first-order valence-electron chi connectivity index (χ1n) is 11.3. The van der Waals surface area contributed by atoms with Crippen molar-refractivity contribution in [2.24, 2.45) is 0 Å². The molecule has 0 aromatic rings. The minimum atomic E-state index is 1.37. The molecule has 2 aliphatic heterocycles. The first-order chi connectivity index (χ1) is 11.6. The molecule has 0 unspecified atom stereocenters. The van der Waals surface area contributed by atoms with Crippen LogP contribution in [0.5, 0.6) is 0 Å². The summed E-state index contributed by atoms with van der Waals surface area (Å²) < 4.78 is 2.74. The smallest absolute Gasteiger partial charge is 0.0784 e. The number of hydrogen-bond acceptors (Lipinski definition) is 0. The molecule has 24 heavy (non-hydrogen) atoms. The highest BCUT2D eigenvalue weighted by molar-refractivity contribution is 4.54. The number of quaternary nitrogens is 2. The molecule has 0 radical (unpaired) electrons. The monoisotopic (exact) mass is 338 g/mol. The lowest BCUT2D eigenvalue weighted by atomic mass is 10.1. The van der Waals surface area contributed by atoms with E-state index in [0.717, 1.165) is 0 Å². The second-order valence-corrected chi connectivity index (χ2v) is 9.53. The Labute approximate surface area is 152 Å². The van der Waals surface area contributed by atoms with E-state index in [2.05, 4.69) is 14.1 Å². The lowest BCUT2D eigenvalue weighted by Gasteiger charge is -2.33. The Bertz CT molecular complexity index is 278. The second kappa shape index (κ2) is 10.8. The Kier molecular flexibility index (Phi) is 9.11. The van der Waals surface area contributed by atoms with Gasteiger partial charge in [-0.2, -0.15) is 0 Å². The maximum Gasteiger partial charge on any atom is 0.0784 e. The lowest BCUT2D eigenvalue weighted by molar-refractivity contribution is -0.909. The third kappa shape index (κ3) is 7.87. The van der Waals surface area contributed by atoms with E-state index in [1.54, 1.807) is 0 Å². The zero-order valence-corrected chi connectivity index (χ0v) is 17.0. The minimum Gasteiger partial charge on any atom is -0.326 e. The van der Waals surface area contributed by atoms with Gasteiger partial charge in [0, 0.05) is 0 Å². The van der Waals surface area contributed by atoms with Crippen molar-refractivity contribution in [2.75, 3.05) is 53.4 Å². The molecule has 2 aliphatic rings. The van der Waals surface area contributed by atoms with E-state index in [0.29, 0.717) is 0 Å². The number of rotatable bonds is 9. The highest BCUT2D eigenvalue weighted by atomic mass is 15.3. The maximum absolute atomic E-state index is 2.51. The summed E-state index contributed by atoms with van der Waals surface area (Å²) in [6, 6.07) is 0. The normalized spacial score (nSPS) is 24.2. The molecule has 2 heteroatoms. The Morgan fingerprint density at radius 1 is 0.417 bits per heavy atom. The van der Waals surface area contributed by atoms with Gasteiger partial charge in [0.15, 0.2) is 0 Å². The third-order valence-corrected chi connectivity index (χ3v) is 6.94. The number of likely N-dealkylation sites (tertiary alicyclic amines) is 2. The van der Waals surface area contributed by atoms with E-state index in [1.807, 2.05) is 0 Å². The Hall–Kier alpha value is -0.0800. The van der Waals surface area contributed by atoms with E-state index < -0.39 is 0 Å². The first-order valence-corrected chi connectivity index (χ1v) is 11.3. The van der Waals surface area contributed by atoms with Crippen LogP contribution >= 0.6 is 0 Å². The van der Waals surface area contributed by atoms with Gasteiger partial charge in [-0.05, 0) is 77.0 Å². The average molecular weight is 339 g/mol. The van der Waals surface area contributed by atoms with Gasteiger partial charge in [0.05, 0.1) is 53.4 Å². The van der Waals surface area contributed by atoms with Crippen LogP contribution in [0, 0.1) is 0 Å². The molecule has 0 atom stereocenters. The average Bonchev–Trinajstić information content (AvgIpc) is 2.91. The van der Waals surface area contributed by atoms with Gasteiger partial charge in [0.25, 0.3) is 0 Å². The van der Waals surface area contributed by atoms with Gasteiger partial charge in [-0.15, -0.1) is 0 Å². The van der Waals surface area contributed by atoms with Crippen LogP contribution in [0.2, 0.25) is 0 Å². The van der Waals surface area contributed by atoms with Crippen molar-refractivity contribution in [3.8, 4) is 0 Å². The van der Waals surface area contributed by atoms with Gasteiger partial charge in [0.1, 0.15) is 0 Å². The van der Waals surface area contributed by atoms with Crippen LogP contribution in [0.15, 0.2) is 0 Å². The molecule has 2 saturated heterocycles. The summed E-state index contributed by atoms with van der Waals surface area (Å²) >= 11 is 0. The zero-order valence-electron chi connectivity index (χ0n) is 17.0. The van der Waals surface area contributed by atoms with Crippen molar-refractivity contribution in [2.45, 2.75) is 89.9 Å². The fraction of sp³-hybridized carbons (Fsp3) is 1.00. The maximum atomic E-state index is 2.51. The SMILES string of the molecule is C[N+]1(CCCCCCCC[N+]2(C)CCCCCC2)CCCCCC1. The van der Waals surface area contributed by atoms with Gasteiger partial charge in [-0.3, -0.25) is 0 Å². The molecule has 0 aliphatic carbocycles. The largest absolute Gasteiger partial charge is 0.326 e. The van der Waals surface area contributed by atoms with Crippen molar-refractivity contribution >= 4 is 0 Å². The molecule has 0 bridgehead atoms. The molecular weight excluding hydrogens is 292 g/mol. The Morgan fingerprint density at radius 3 is 1.04 bits per heavy atom. The van der Waals surface area contributed by atoms with Crippen LogP contribution < -0.4 is 0 Å². The predicted octanol–water partition coefficient (Wildman–Crippen LogP) is 5.37. The first kappa shape index (κ1) is 20.2. The van der Waals surface area contributed by atoms with Gasteiger partial charge in [0.2, 0.25) is 0 Å². The highest BCUT2D eigenvalue weighted by Crippen LogP contribution is 2.19. The summed E-state index contributed by atoms with van der Waals surface area (Å²) in [4.78, 5) is 0. The van der Waals surface area contributed by atoms with Crippen LogP contribution in [0.3, 0.4) is 0 Å². The summed E-state index contributed by atoms with van der Waals surface area (Å²) in [6.07, 6.45) is 20.6. The quantitative estimate of drug-likeness (QED) is 0.392. The molecule has 0 amide bonds. The molecule has 0 aromatic heterocycles. The summed E-state index contributed by atoms with van der Waals surface area (Å²) in [5.41, 5.74) is 0. The van der Waals surface area contributed by atoms with Crippen LogP contribution in [0.4, 0.5) is 0 Å². The standard InChI is InChI=1S/C22H46N2/c1-23(19-13-7-8-14-20-23)17-11-5-3-4-6-12-18-24(2)21-15-9-10-16-22-24/h3-22H2,1-2H3/q+2. The van der Waals surface area contributed by atoms with Crippen LogP contribution in [0.25, 0.3) is 0 Å². The van der Waals surface area contributed by atoms with E-state index in [-0.39, 0.29) is 0 Å². The van der Waals surface area contributed by atoms with E-state index >= 15 is 0 Å². The molecule has 0 saturated carbocycles. The van der Waals surface area contributed by atoms with Crippen molar-refractivity contribution in [1.29, 1.82) is 0 Å². The van der Waals surface area contributed by atoms with Crippen LogP contribution in [-0.2, 0) is 0 Å². The summed E-state index contributed by atoms with van der Waals surface area (Å²) in [5.74, 6) is 0. The molecule has 2 nitrogen and oxygen atoms in total. The summed E-state index contributed by atoms with van der Waals surface area (Å²) in [6.45, 7) is 8.64. The van der Waals surface area contributed by atoms with Crippen LogP contribution in [-0.4, -0.2) is 62.3 Å². The summed E-state index contributed by atoms with van der Waals surface area (Å²) in [5, 5.41) is 0. The van der Waals surface area contributed by atoms with Gasteiger partial charge in [-0.1, -0.05) is 12.8 Å². The second-order valence-electron chi connectivity index (χ2n) is 9.53. The molecule has 2 fully saturated rings. The molecule has 142 valence electrons. The van der Waals surface area contributed by atoms with Crippen molar-refractivity contribution in [3.05, 3.63) is 0 Å². The fourth-order valence-corrected chi connectivity index (χ4v) is 5.05. The third-order valence-electron chi connectivity index (χ3n) is 6.94. The predicted molar refractivity (Wildman–Crippen MR) is 106 cm³/mol. The molecular formula is C22H46N2+2. The highest BCUT2D eigenvalue weighted by Gasteiger charge is 2.23. The zero-order chi connectivity index (χ0) is 17.1. The van der Waals surface area contributed by atoms with E-state index in [9.17, 15) is 0 Å². The van der Waals surface area contributed by atoms with E-state index in [4.69, 9.17) is 0 Å². The molecule has 2 rings (SSSR count). The van der Waals surface area contributed by atoms with E-state index in [1.165, 1.54) is 138 Å². The van der Waals surface area contributed by atoms with Crippen LogP contribution in [0.1, 0.15) is 89.9 Å². The van der Waals surface area contributed by atoms with Gasteiger partial charge < -0.3 is 8.97 Å². The number of nitrogens with zero attached hydrogens (tertiary/aromatic N) is 2. The van der Waals surface area contributed by atoms with Crippen molar-refractivity contribution in [3.63, 3.8) is 0 Å². The molecule has 0 spiro atoms. The molecule has 0 N–H and O–H groups in total. The number of unbranched alkanes of at least 4 members (excludes halogenated alkanes) is 5. The van der Waals surface area contributed by atoms with Gasteiger partial charge in [-0.25, -0.2) is 0 Å². The summed E-state index contributed by atoms with van der Waals surface area (Å²) in [7, 11) is 5.02. The van der Waals surface area contributed by atoms with Crippen molar-refractivity contribution in [1.82, 2.24) is 0 Å². The Morgan fingerprint density at radius 2 is 0.708 bits per heavy atom. The fourth-order valence-electron chi connectivity index (χ4n) is 5.05. The van der Waals surface area contributed by atoms with Crippen molar-refractivity contribution < 1.29 is 8.97 Å². The molecule has 0 aromatic carbocycles. The Balaban J connectivity index is 1.46. The topological polar surface area (TPSA) is 0 Å². The molecule has 2 heterocycles.